The molecule has 2 rings (SSSR count). The molecule has 0 saturated heterocycles. The van der Waals surface area contributed by atoms with Gasteiger partial charge in [-0.15, -0.1) is 0 Å². The van der Waals surface area contributed by atoms with Crippen LogP contribution in [0.25, 0.3) is 0 Å². The van der Waals surface area contributed by atoms with Crippen molar-refractivity contribution in [3.8, 4) is 0 Å². The minimum Gasteiger partial charge on any atom is -0.383 e. The second-order valence-corrected chi connectivity index (χ2v) is 4.26. The highest BCUT2D eigenvalue weighted by molar-refractivity contribution is 5.41. The van der Waals surface area contributed by atoms with Crippen molar-refractivity contribution in [2.45, 2.75) is 19.5 Å². The molecule has 0 spiro atoms. The Labute approximate surface area is 108 Å². The Morgan fingerprint density at radius 1 is 1.33 bits per heavy atom. The van der Waals surface area contributed by atoms with Gasteiger partial charge >= 0.3 is 0 Å². The lowest BCUT2D eigenvalue weighted by Gasteiger charge is -2.13. The lowest BCUT2D eigenvalue weighted by Crippen LogP contribution is -2.06. The summed E-state index contributed by atoms with van der Waals surface area (Å²) in [5.74, 6) is 0. The average Bonchev–Trinajstić information content (AvgIpc) is 2.85. The summed E-state index contributed by atoms with van der Waals surface area (Å²) in [5, 5.41) is 7.71. The number of aromatic nitrogens is 2. The zero-order chi connectivity index (χ0) is 12.8. The molecule has 2 aromatic rings. The smallest absolute Gasteiger partial charge is 0.0731 e. The Kier molecular flexibility index (Phi) is 4.36. The summed E-state index contributed by atoms with van der Waals surface area (Å²) in [6.45, 7) is 3.59. The monoisotopic (exact) mass is 245 g/mol. The van der Waals surface area contributed by atoms with Crippen LogP contribution in [-0.2, 0) is 11.3 Å². The molecule has 1 heterocycles. The van der Waals surface area contributed by atoms with E-state index in [2.05, 4.69) is 41.6 Å². The van der Waals surface area contributed by atoms with Crippen molar-refractivity contribution < 1.29 is 4.74 Å². The highest BCUT2D eigenvalue weighted by Crippen LogP contribution is 2.18. The van der Waals surface area contributed by atoms with Crippen molar-refractivity contribution in [1.29, 1.82) is 0 Å². The number of benzene rings is 1. The van der Waals surface area contributed by atoms with Gasteiger partial charge in [0.2, 0.25) is 0 Å². The van der Waals surface area contributed by atoms with Gasteiger partial charge in [-0.1, -0.05) is 30.3 Å². The molecule has 0 bridgehead atoms. The molecule has 1 unspecified atom stereocenters. The Morgan fingerprint density at radius 3 is 2.83 bits per heavy atom. The number of anilines is 1. The summed E-state index contributed by atoms with van der Waals surface area (Å²) in [7, 11) is 1.69. The molecule has 1 N–H and O–H groups in total. The number of rotatable bonds is 6. The molecule has 4 heteroatoms. The van der Waals surface area contributed by atoms with E-state index in [4.69, 9.17) is 4.74 Å². The Morgan fingerprint density at radius 2 is 2.11 bits per heavy atom. The normalized spacial score (nSPS) is 12.3. The topological polar surface area (TPSA) is 39.1 Å². The van der Waals surface area contributed by atoms with Crippen molar-refractivity contribution in [3.05, 3.63) is 48.3 Å². The van der Waals surface area contributed by atoms with Crippen molar-refractivity contribution in [3.63, 3.8) is 0 Å². The lowest BCUT2D eigenvalue weighted by molar-refractivity contribution is 0.183. The minimum absolute atomic E-state index is 0.270. The molecule has 0 radical (unpaired) electrons. The number of methoxy groups -OCH3 is 1. The van der Waals surface area contributed by atoms with E-state index in [1.165, 1.54) is 5.56 Å². The first-order chi connectivity index (χ1) is 8.79. The quantitative estimate of drug-likeness (QED) is 0.850. The highest BCUT2D eigenvalue weighted by atomic mass is 16.5. The highest BCUT2D eigenvalue weighted by Gasteiger charge is 2.05. The van der Waals surface area contributed by atoms with Gasteiger partial charge in [0.25, 0.3) is 0 Å². The van der Waals surface area contributed by atoms with Crippen LogP contribution in [0.4, 0.5) is 5.69 Å². The molecule has 4 nitrogen and oxygen atoms in total. The second-order valence-electron chi connectivity index (χ2n) is 4.26. The second kappa shape index (κ2) is 6.21. The fourth-order valence-electron chi connectivity index (χ4n) is 1.82. The van der Waals surface area contributed by atoms with E-state index >= 15 is 0 Å². The maximum atomic E-state index is 5.02. The van der Waals surface area contributed by atoms with Gasteiger partial charge in [-0.05, 0) is 12.5 Å². The van der Waals surface area contributed by atoms with Crippen molar-refractivity contribution in [1.82, 2.24) is 9.78 Å². The number of hydrogen-bond donors (Lipinski definition) is 1. The fourth-order valence-corrected chi connectivity index (χ4v) is 1.82. The first-order valence-corrected chi connectivity index (χ1v) is 6.12. The summed E-state index contributed by atoms with van der Waals surface area (Å²) < 4.78 is 6.90. The molecular weight excluding hydrogens is 226 g/mol. The van der Waals surface area contributed by atoms with E-state index in [9.17, 15) is 0 Å². The van der Waals surface area contributed by atoms with E-state index in [1.54, 1.807) is 7.11 Å². The average molecular weight is 245 g/mol. The maximum absolute atomic E-state index is 5.02. The third-order valence-corrected chi connectivity index (χ3v) is 2.84. The van der Waals surface area contributed by atoms with E-state index < -0.39 is 0 Å². The van der Waals surface area contributed by atoms with Crippen LogP contribution in [0.5, 0.6) is 0 Å². The molecule has 0 aliphatic carbocycles. The molecule has 0 amide bonds. The van der Waals surface area contributed by atoms with Crippen LogP contribution in [0.15, 0.2) is 42.7 Å². The van der Waals surface area contributed by atoms with Crippen LogP contribution < -0.4 is 5.32 Å². The molecule has 1 aromatic heterocycles. The first kappa shape index (κ1) is 12.6. The van der Waals surface area contributed by atoms with Crippen LogP contribution in [0, 0.1) is 0 Å². The van der Waals surface area contributed by atoms with Gasteiger partial charge in [-0.3, -0.25) is 4.68 Å². The number of nitrogens with zero attached hydrogens (tertiary/aromatic N) is 2. The summed E-state index contributed by atoms with van der Waals surface area (Å²) in [4.78, 5) is 0. The third kappa shape index (κ3) is 3.34. The van der Waals surface area contributed by atoms with Crippen molar-refractivity contribution in [2.75, 3.05) is 19.0 Å². The van der Waals surface area contributed by atoms with Gasteiger partial charge < -0.3 is 10.1 Å². The van der Waals surface area contributed by atoms with Crippen LogP contribution in [0.3, 0.4) is 0 Å². The molecule has 1 aromatic carbocycles. The van der Waals surface area contributed by atoms with Crippen LogP contribution in [0.2, 0.25) is 0 Å². The molecule has 0 fully saturated rings. The zero-order valence-corrected chi connectivity index (χ0v) is 10.8. The molecular formula is C14H19N3O. The predicted octanol–water partition coefficient (Wildman–Crippen LogP) is 2.70. The van der Waals surface area contributed by atoms with E-state index in [0.717, 1.165) is 12.2 Å². The van der Waals surface area contributed by atoms with Gasteiger partial charge in [-0.25, -0.2) is 0 Å². The van der Waals surface area contributed by atoms with E-state index in [-0.39, 0.29) is 6.04 Å². The number of hydrogen-bond acceptors (Lipinski definition) is 3. The number of ether oxygens (including phenoxy) is 1. The molecule has 18 heavy (non-hydrogen) atoms. The van der Waals surface area contributed by atoms with E-state index in [0.29, 0.717) is 6.61 Å². The van der Waals surface area contributed by atoms with Gasteiger partial charge in [-0.2, -0.15) is 5.10 Å². The minimum atomic E-state index is 0.270. The first-order valence-electron chi connectivity index (χ1n) is 6.12. The molecule has 96 valence electrons. The summed E-state index contributed by atoms with van der Waals surface area (Å²) in [5.41, 5.74) is 2.30. The third-order valence-electron chi connectivity index (χ3n) is 2.84. The Hall–Kier alpha value is -1.81. The van der Waals surface area contributed by atoms with Crippen LogP contribution in [0.1, 0.15) is 18.5 Å². The van der Waals surface area contributed by atoms with Gasteiger partial charge in [0.05, 0.1) is 25.0 Å². The van der Waals surface area contributed by atoms with Gasteiger partial charge in [0.15, 0.2) is 0 Å². The molecule has 1 atom stereocenters. The summed E-state index contributed by atoms with van der Waals surface area (Å²) in [6, 6.07) is 10.6. The summed E-state index contributed by atoms with van der Waals surface area (Å²) in [6.07, 6.45) is 3.84. The standard InChI is InChI=1S/C14H19N3O/c1-12(13-6-4-3-5-7-13)16-14-10-15-17(11-14)8-9-18-2/h3-7,10-12,16H,8-9H2,1-2H3. The van der Waals surface area contributed by atoms with Crippen molar-refractivity contribution >= 4 is 5.69 Å². The zero-order valence-electron chi connectivity index (χ0n) is 10.8. The summed E-state index contributed by atoms with van der Waals surface area (Å²) >= 11 is 0. The van der Waals surface area contributed by atoms with E-state index in [1.807, 2.05) is 23.1 Å². The number of nitrogens with one attached hydrogen (secondary N) is 1. The largest absolute Gasteiger partial charge is 0.383 e. The Bertz CT molecular complexity index is 467. The predicted molar refractivity (Wildman–Crippen MR) is 72.6 cm³/mol. The fraction of sp³-hybridized carbons (Fsp3) is 0.357. The van der Waals surface area contributed by atoms with Crippen LogP contribution >= 0.6 is 0 Å². The van der Waals surface area contributed by atoms with Crippen molar-refractivity contribution in [2.24, 2.45) is 0 Å². The Balaban J connectivity index is 1.95. The molecule has 0 aliphatic rings. The van der Waals surface area contributed by atoms with Crippen LogP contribution in [-0.4, -0.2) is 23.5 Å². The molecule has 0 saturated carbocycles. The van der Waals surface area contributed by atoms with Gasteiger partial charge in [0, 0.05) is 19.3 Å². The lowest BCUT2D eigenvalue weighted by atomic mass is 10.1. The van der Waals surface area contributed by atoms with Gasteiger partial charge in [0.1, 0.15) is 0 Å². The SMILES string of the molecule is COCCn1cc(NC(C)c2ccccc2)cn1. The maximum Gasteiger partial charge on any atom is 0.0731 e. The molecule has 0 aliphatic heterocycles.